The van der Waals surface area contributed by atoms with Gasteiger partial charge in [-0.2, -0.15) is 5.10 Å². The molecule has 0 amide bonds. The van der Waals surface area contributed by atoms with Crippen LogP contribution in [0.3, 0.4) is 0 Å². The molecule has 2 aromatic heterocycles. The van der Waals surface area contributed by atoms with Crippen molar-refractivity contribution in [1.29, 1.82) is 0 Å². The van der Waals surface area contributed by atoms with Crippen LogP contribution < -0.4 is 5.32 Å². The highest BCUT2D eigenvalue weighted by atomic mass is 16.5. The van der Waals surface area contributed by atoms with E-state index in [1.165, 1.54) is 0 Å². The molecule has 0 radical (unpaired) electrons. The lowest BCUT2D eigenvalue weighted by Crippen LogP contribution is -2.09. The molecule has 2 aromatic rings. The van der Waals surface area contributed by atoms with E-state index in [4.69, 9.17) is 4.74 Å². The quantitative estimate of drug-likeness (QED) is 0.788. The third kappa shape index (κ3) is 3.07. The topological polar surface area (TPSA) is 67.8 Å². The van der Waals surface area contributed by atoms with Crippen molar-refractivity contribution in [3.63, 3.8) is 0 Å². The van der Waals surface area contributed by atoms with Crippen LogP contribution in [-0.2, 0) is 17.8 Å². The van der Waals surface area contributed by atoms with Gasteiger partial charge in [0.15, 0.2) is 0 Å². The smallest absolute Gasteiger partial charge is 0.203 e. The molecule has 17 heavy (non-hydrogen) atoms. The monoisotopic (exact) mass is 235 g/mol. The number of aromatic nitrogens is 4. The van der Waals surface area contributed by atoms with Crippen molar-refractivity contribution in [2.45, 2.75) is 20.0 Å². The summed E-state index contributed by atoms with van der Waals surface area (Å²) in [5.74, 6) is 0.862. The van der Waals surface area contributed by atoms with Crippen LogP contribution in [-0.4, -0.2) is 33.5 Å². The Labute approximate surface area is 100 Å². The second-order valence-electron chi connectivity index (χ2n) is 3.85. The summed E-state index contributed by atoms with van der Waals surface area (Å²) in [5, 5.41) is 9.96. The molecular formula is C11H17N5O. The SMILES string of the molecule is COCCn1cc(C)nc1NCc1cn[nH]c1. The van der Waals surface area contributed by atoms with E-state index in [1.54, 1.807) is 13.3 Å². The number of aromatic amines is 1. The van der Waals surface area contributed by atoms with Crippen LogP contribution in [0, 0.1) is 6.92 Å². The van der Waals surface area contributed by atoms with Gasteiger partial charge in [0.2, 0.25) is 5.95 Å². The molecule has 0 aromatic carbocycles. The fourth-order valence-corrected chi connectivity index (χ4v) is 1.60. The maximum atomic E-state index is 5.07. The number of H-pyrrole nitrogens is 1. The molecule has 0 spiro atoms. The zero-order chi connectivity index (χ0) is 12.1. The third-order valence-electron chi connectivity index (χ3n) is 2.44. The second-order valence-corrected chi connectivity index (χ2v) is 3.85. The first-order valence-corrected chi connectivity index (χ1v) is 5.54. The summed E-state index contributed by atoms with van der Waals surface area (Å²) >= 11 is 0. The molecule has 0 bridgehead atoms. The summed E-state index contributed by atoms with van der Waals surface area (Å²) in [6.45, 7) is 4.16. The van der Waals surface area contributed by atoms with Crippen LogP contribution in [0.1, 0.15) is 11.3 Å². The number of hydrogen-bond donors (Lipinski definition) is 2. The van der Waals surface area contributed by atoms with E-state index in [0.717, 1.165) is 23.8 Å². The van der Waals surface area contributed by atoms with E-state index in [1.807, 2.05) is 19.3 Å². The summed E-state index contributed by atoms with van der Waals surface area (Å²) in [5.41, 5.74) is 2.10. The van der Waals surface area contributed by atoms with Crippen LogP contribution in [0.25, 0.3) is 0 Å². The summed E-state index contributed by atoms with van der Waals surface area (Å²) in [6, 6.07) is 0. The predicted octanol–water partition coefficient (Wildman–Crippen LogP) is 1.17. The number of aryl methyl sites for hydroxylation is 1. The van der Waals surface area contributed by atoms with Crippen molar-refractivity contribution >= 4 is 5.95 Å². The van der Waals surface area contributed by atoms with Crippen LogP contribution in [0.2, 0.25) is 0 Å². The summed E-state index contributed by atoms with van der Waals surface area (Å²) < 4.78 is 7.12. The van der Waals surface area contributed by atoms with Gasteiger partial charge in [-0.15, -0.1) is 0 Å². The fraction of sp³-hybridized carbons (Fsp3) is 0.455. The standard InChI is InChI=1S/C11H17N5O/c1-9-8-16(3-4-17-2)11(15-9)12-5-10-6-13-14-7-10/h6-8H,3-5H2,1-2H3,(H,12,15)(H,13,14). The Bertz CT molecular complexity index is 448. The summed E-state index contributed by atoms with van der Waals surface area (Å²) in [4.78, 5) is 4.43. The summed E-state index contributed by atoms with van der Waals surface area (Å²) in [6.07, 6.45) is 5.67. The number of hydrogen-bond acceptors (Lipinski definition) is 4. The maximum Gasteiger partial charge on any atom is 0.203 e. The highest BCUT2D eigenvalue weighted by Gasteiger charge is 2.05. The van der Waals surface area contributed by atoms with Gasteiger partial charge in [0.25, 0.3) is 0 Å². The molecule has 0 unspecified atom stereocenters. The lowest BCUT2D eigenvalue weighted by atomic mass is 10.4. The Balaban J connectivity index is 1.99. The van der Waals surface area contributed by atoms with Crippen molar-refractivity contribution in [3.05, 3.63) is 29.8 Å². The normalized spacial score (nSPS) is 10.7. The average Bonchev–Trinajstić information content (AvgIpc) is 2.93. The van der Waals surface area contributed by atoms with E-state index >= 15 is 0 Å². The molecule has 0 aliphatic rings. The Morgan fingerprint density at radius 3 is 3.12 bits per heavy atom. The van der Waals surface area contributed by atoms with E-state index in [2.05, 4.69) is 25.1 Å². The predicted molar refractivity (Wildman–Crippen MR) is 64.8 cm³/mol. The van der Waals surface area contributed by atoms with Gasteiger partial charge in [-0.25, -0.2) is 4.98 Å². The molecule has 0 fully saturated rings. The average molecular weight is 235 g/mol. The van der Waals surface area contributed by atoms with Crippen molar-refractivity contribution in [2.75, 3.05) is 19.0 Å². The lowest BCUT2D eigenvalue weighted by Gasteiger charge is -2.08. The number of anilines is 1. The number of ether oxygens (including phenoxy) is 1. The van der Waals surface area contributed by atoms with E-state index < -0.39 is 0 Å². The minimum atomic E-state index is 0.677. The second kappa shape index (κ2) is 5.49. The Morgan fingerprint density at radius 2 is 2.41 bits per heavy atom. The van der Waals surface area contributed by atoms with Crippen molar-refractivity contribution in [3.8, 4) is 0 Å². The molecule has 0 aliphatic heterocycles. The van der Waals surface area contributed by atoms with Crippen LogP contribution in [0.15, 0.2) is 18.6 Å². The maximum absolute atomic E-state index is 5.07. The minimum Gasteiger partial charge on any atom is -0.383 e. The third-order valence-corrected chi connectivity index (χ3v) is 2.44. The molecule has 2 heterocycles. The highest BCUT2D eigenvalue weighted by molar-refractivity contribution is 5.30. The van der Waals surface area contributed by atoms with Gasteiger partial charge in [0, 0.05) is 38.2 Å². The minimum absolute atomic E-state index is 0.677. The molecule has 0 saturated carbocycles. The highest BCUT2D eigenvalue weighted by Crippen LogP contribution is 2.09. The molecule has 92 valence electrons. The Kier molecular flexibility index (Phi) is 3.77. The molecule has 0 saturated heterocycles. The first-order chi connectivity index (χ1) is 8.29. The van der Waals surface area contributed by atoms with Crippen LogP contribution in [0.5, 0.6) is 0 Å². The van der Waals surface area contributed by atoms with Gasteiger partial charge in [-0.05, 0) is 6.92 Å². The first-order valence-electron chi connectivity index (χ1n) is 5.54. The van der Waals surface area contributed by atoms with E-state index in [0.29, 0.717) is 13.2 Å². The van der Waals surface area contributed by atoms with Crippen LogP contribution >= 0.6 is 0 Å². The van der Waals surface area contributed by atoms with Gasteiger partial charge < -0.3 is 14.6 Å². The zero-order valence-electron chi connectivity index (χ0n) is 10.1. The number of imidazole rings is 1. The van der Waals surface area contributed by atoms with Gasteiger partial charge in [-0.1, -0.05) is 0 Å². The Hall–Kier alpha value is -1.82. The molecule has 0 atom stereocenters. The van der Waals surface area contributed by atoms with Crippen molar-refractivity contribution < 1.29 is 4.74 Å². The lowest BCUT2D eigenvalue weighted by molar-refractivity contribution is 0.187. The van der Waals surface area contributed by atoms with Gasteiger partial charge in [0.1, 0.15) is 0 Å². The molecule has 2 rings (SSSR count). The van der Waals surface area contributed by atoms with Crippen molar-refractivity contribution in [2.24, 2.45) is 0 Å². The fourth-order valence-electron chi connectivity index (χ4n) is 1.60. The van der Waals surface area contributed by atoms with E-state index in [9.17, 15) is 0 Å². The number of nitrogens with zero attached hydrogens (tertiary/aromatic N) is 3. The zero-order valence-corrected chi connectivity index (χ0v) is 10.1. The molecule has 0 aliphatic carbocycles. The van der Waals surface area contributed by atoms with Crippen LogP contribution in [0.4, 0.5) is 5.95 Å². The molecular weight excluding hydrogens is 218 g/mol. The molecule has 2 N–H and O–H groups in total. The van der Waals surface area contributed by atoms with Crippen molar-refractivity contribution in [1.82, 2.24) is 19.7 Å². The van der Waals surface area contributed by atoms with Gasteiger partial charge in [0.05, 0.1) is 18.5 Å². The summed E-state index contributed by atoms with van der Waals surface area (Å²) in [7, 11) is 1.70. The number of methoxy groups -OCH3 is 1. The van der Waals surface area contributed by atoms with Gasteiger partial charge in [-0.3, -0.25) is 5.10 Å². The number of nitrogens with one attached hydrogen (secondary N) is 2. The first kappa shape index (κ1) is 11.7. The Morgan fingerprint density at radius 1 is 1.53 bits per heavy atom. The largest absolute Gasteiger partial charge is 0.383 e. The molecule has 6 heteroatoms. The van der Waals surface area contributed by atoms with Gasteiger partial charge >= 0.3 is 0 Å². The van der Waals surface area contributed by atoms with E-state index in [-0.39, 0.29) is 0 Å². The number of rotatable bonds is 6. The molecule has 6 nitrogen and oxygen atoms in total.